The zero-order valence-electron chi connectivity index (χ0n) is 16.6. The van der Waals surface area contributed by atoms with Gasteiger partial charge in [0, 0.05) is 12.2 Å². The van der Waals surface area contributed by atoms with Crippen LogP contribution in [-0.2, 0) is 34.1 Å². The number of carbonyl (C=O) groups is 1. The van der Waals surface area contributed by atoms with Gasteiger partial charge < -0.3 is 10.2 Å². The fraction of sp³-hybridized carbons (Fsp3) is 0.409. The quantitative estimate of drug-likeness (QED) is 0.788. The molecule has 3 N–H and O–H groups in total. The molecule has 0 bridgehead atoms. The summed E-state index contributed by atoms with van der Waals surface area (Å²) in [7, 11) is -3.72. The highest BCUT2D eigenvalue weighted by Gasteiger charge is 2.24. The molecule has 4 rings (SSSR count). The van der Waals surface area contributed by atoms with Crippen LogP contribution < -0.4 is 15.4 Å². The maximum Gasteiger partial charge on any atom is 0.239 e. The number of hydrogen-bond donors (Lipinski definition) is 2. The van der Waals surface area contributed by atoms with E-state index in [1.165, 1.54) is 30.0 Å². The second-order valence-corrected chi connectivity index (χ2v) is 9.59. The third-order valence-electron chi connectivity index (χ3n) is 5.96. The summed E-state index contributed by atoms with van der Waals surface area (Å²) in [6, 6.07) is 11.4. The number of carbonyl (C=O) groups excluding carboxylic acids is 1. The van der Waals surface area contributed by atoms with Gasteiger partial charge in [0.05, 0.1) is 17.5 Å². The molecule has 0 saturated heterocycles. The van der Waals surface area contributed by atoms with Crippen LogP contribution >= 0.6 is 0 Å². The lowest BCUT2D eigenvalue weighted by Gasteiger charge is -2.22. The first-order valence-corrected chi connectivity index (χ1v) is 11.7. The van der Waals surface area contributed by atoms with Crippen LogP contribution in [-0.4, -0.2) is 27.4 Å². The Labute approximate surface area is 172 Å². The maximum atomic E-state index is 12.6. The summed E-state index contributed by atoms with van der Waals surface area (Å²) in [6.07, 6.45) is 5.46. The van der Waals surface area contributed by atoms with Crippen LogP contribution in [0.15, 0.2) is 41.3 Å². The van der Waals surface area contributed by atoms with Gasteiger partial charge in [-0.2, -0.15) is 0 Å². The van der Waals surface area contributed by atoms with Crippen LogP contribution in [0.2, 0.25) is 0 Å². The average molecular weight is 414 g/mol. The Morgan fingerprint density at radius 3 is 2.59 bits per heavy atom. The monoisotopic (exact) mass is 413 g/mol. The lowest BCUT2D eigenvalue weighted by atomic mass is 9.89. The number of amides is 1. The van der Waals surface area contributed by atoms with Gasteiger partial charge >= 0.3 is 0 Å². The van der Waals surface area contributed by atoms with Crippen LogP contribution in [0.3, 0.4) is 0 Å². The molecule has 7 heteroatoms. The fourth-order valence-electron chi connectivity index (χ4n) is 4.35. The topological polar surface area (TPSA) is 92.5 Å². The first-order valence-electron chi connectivity index (χ1n) is 10.1. The van der Waals surface area contributed by atoms with Crippen molar-refractivity contribution in [3.05, 3.63) is 58.7 Å². The molecule has 2 aromatic carbocycles. The molecule has 0 saturated carbocycles. The van der Waals surface area contributed by atoms with Crippen LogP contribution in [0.5, 0.6) is 0 Å². The minimum atomic E-state index is -3.72. The Morgan fingerprint density at radius 2 is 1.83 bits per heavy atom. The second-order valence-electron chi connectivity index (χ2n) is 8.03. The molecular weight excluding hydrogens is 386 g/mol. The highest BCUT2D eigenvalue weighted by molar-refractivity contribution is 7.89. The number of anilines is 1. The van der Waals surface area contributed by atoms with Crippen molar-refractivity contribution in [2.45, 2.75) is 50.0 Å². The van der Waals surface area contributed by atoms with Crippen molar-refractivity contribution in [1.29, 1.82) is 0 Å². The number of rotatable bonds is 5. The van der Waals surface area contributed by atoms with Crippen molar-refractivity contribution >= 4 is 21.6 Å². The number of sulfonamides is 1. The molecule has 2 aliphatic rings. The fourth-order valence-corrected chi connectivity index (χ4v) is 4.92. The number of hydrogen-bond acceptors (Lipinski definition) is 4. The van der Waals surface area contributed by atoms with Gasteiger partial charge in [-0.25, -0.2) is 13.6 Å². The Balaban J connectivity index is 1.41. The van der Waals surface area contributed by atoms with Crippen molar-refractivity contribution in [2.75, 3.05) is 18.0 Å². The second kappa shape index (κ2) is 7.80. The van der Waals surface area contributed by atoms with Crippen molar-refractivity contribution in [3.63, 3.8) is 0 Å². The number of fused-ring (bicyclic) bond motifs is 2. The summed E-state index contributed by atoms with van der Waals surface area (Å²) in [6.45, 7) is 2.94. The SMILES string of the molecule is CC(NC(=O)CN1CCc2cc(S(N)(=O)=O)ccc21)c1ccc2c(c1)CCCC2. The van der Waals surface area contributed by atoms with E-state index >= 15 is 0 Å². The summed E-state index contributed by atoms with van der Waals surface area (Å²) >= 11 is 0. The lowest BCUT2D eigenvalue weighted by Crippen LogP contribution is -2.37. The first-order chi connectivity index (χ1) is 13.8. The van der Waals surface area contributed by atoms with E-state index in [4.69, 9.17) is 5.14 Å². The van der Waals surface area contributed by atoms with E-state index in [9.17, 15) is 13.2 Å². The van der Waals surface area contributed by atoms with Gasteiger partial charge in [-0.15, -0.1) is 0 Å². The van der Waals surface area contributed by atoms with E-state index in [1.54, 1.807) is 12.1 Å². The maximum absolute atomic E-state index is 12.6. The number of nitrogens with two attached hydrogens (primary N) is 1. The van der Waals surface area contributed by atoms with Crippen LogP contribution in [0.25, 0.3) is 0 Å². The molecule has 1 atom stereocenters. The van der Waals surface area contributed by atoms with Gasteiger partial charge in [-0.3, -0.25) is 4.79 Å². The van der Waals surface area contributed by atoms with Crippen LogP contribution in [0.1, 0.15) is 48.1 Å². The Morgan fingerprint density at radius 1 is 1.07 bits per heavy atom. The summed E-state index contributed by atoms with van der Waals surface area (Å²) < 4.78 is 23.1. The van der Waals surface area contributed by atoms with Gasteiger partial charge in [-0.05, 0) is 79.5 Å². The molecule has 1 heterocycles. The zero-order valence-corrected chi connectivity index (χ0v) is 17.5. The third-order valence-corrected chi connectivity index (χ3v) is 6.87. The number of nitrogens with one attached hydrogen (secondary N) is 1. The van der Waals surface area contributed by atoms with Crippen molar-refractivity contribution < 1.29 is 13.2 Å². The first kappa shape index (κ1) is 19.9. The number of nitrogens with zero attached hydrogens (tertiary/aromatic N) is 1. The average Bonchev–Trinajstić information content (AvgIpc) is 3.09. The van der Waals surface area contributed by atoms with Gasteiger partial charge in [0.15, 0.2) is 0 Å². The normalized spacial score (nSPS) is 16.8. The molecule has 0 fully saturated rings. The largest absolute Gasteiger partial charge is 0.362 e. The summed E-state index contributed by atoms with van der Waals surface area (Å²) in [5.41, 5.74) is 5.79. The van der Waals surface area contributed by atoms with Gasteiger partial charge in [0.25, 0.3) is 0 Å². The Bertz CT molecular complexity index is 1050. The summed E-state index contributed by atoms with van der Waals surface area (Å²) in [5.74, 6) is -0.0430. The minimum Gasteiger partial charge on any atom is -0.362 e. The molecule has 1 unspecified atom stereocenters. The predicted molar refractivity (Wildman–Crippen MR) is 113 cm³/mol. The van der Waals surface area contributed by atoms with E-state index in [2.05, 4.69) is 23.5 Å². The molecule has 0 aromatic heterocycles. The summed E-state index contributed by atoms with van der Waals surface area (Å²) in [4.78, 5) is 14.7. The Hall–Kier alpha value is -2.38. The van der Waals surface area contributed by atoms with E-state index in [-0.39, 0.29) is 23.4 Å². The molecule has 6 nitrogen and oxygen atoms in total. The molecule has 154 valence electrons. The number of primary sulfonamides is 1. The highest BCUT2D eigenvalue weighted by Crippen LogP contribution is 2.30. The molecule has 2 aromatic rings. The molecule has 1 amide bonds. The van der Waals surface area contributed by atoms with Crippen molar-refractivity contribution in [1.82, 2.24) is 5.32 Å². The van der Waals surface area contributed by atoms with E-state index in [0.29, 0.717) is 13.0 Å². The van der Waals surface area contributed by atoms with Gasteiger partial charge in [-0.1, -0.05) is 18.2 Å². The molecule has 0 radical (unpaired) electrons. The molecular formula is C22H27N3O3S. The van der Waals surface area contributed by atoms with Crippen molar-refractivity contribution in [2.24, 2.45) is 5.14 Å². The Kier molecular flexibility index (Phi) is 5.36. The number of aryl methyl sites for hydroxylation is 2. The molecule has 1 aliphatic heterocycles. The smallest absolute Gasteiger partial charge is 0.239 e. The minimum absolute atomic E-state index is 0.0430. The molecule has 0 spiro atoms. The van der Waals surface area contributed by atoms with Crippen molar-refractivity contribution in [3.8, 4) is 0 Å². The van der Waals surface area contributed by atoms with E-state index in [1.807, 2.05) is 11.8 Å². The van der Waals surface area contributed by atoms with Crippen LogP contribution in [0, 0.1) is 0 Å². The van der Waals surface area contributed by atoms with Gasteiger partial charge in [0.1, 0.15) is 0 Å². The highest BCUT2D eigenvalue weighted by atomic mass is 32.2. The zero-order chi connectivity index (χ0) is 20.6. The van der Waals surface area contributed by atoms with E-state index < -0.39 is 10.0 Å². The van der Waals surface area contributed by atoms with E-state index in [0.717, 1.165) is 29.7 Å². The molecule has 29 heavy (non-hydrogen) atoms. The van der Waals surface area contributed by atoms with Crippen LogP contribution in [0.4, 0.5) is 5.69 Å². The lowest BCUT2D eigenvalue weighted by molar-refractivity contribution is -0.120. The third kappa shape index (κ3) is 4.31. The predicted octanol–water partition coefficient (Wildman–Crippen LogP) is 2.45. The standard InChI is InChI=1S/C22H27N3O3S/c1-15(17-7-6-16-4-2-3-5-18(16)12-17)24-22(26)14-25-11-10-19-13-20(29(23,27)28)8-9-21(19)25/h6-9,12-13,15H,2-5,10-11,14H2,1H3,(H,24,26)(H2,23,27,28). The molecule has 1 aliphatic carbocycles. The number of benzene rings is 2. The van der Waals surface area contributed by atoms with Gasteiger partial charge in [0.2, 0.25) is 15.9 Å². The summed E-state index contributed by atoms with van der Waals surface area (Å²) in [5, 5.41) is 8.31.